The van der Waals surface area contributed by atoms with Crippen molar-refractivity contribution in [3.05, 3.63) is 29.6 Å². The Morgan fingerprint density at radius 1 is 1.44 bits per heavy atom. The predicted octanol–water partition coefficient (Wildman–Crippen LogP) is 3.58. The van der Waals surface area contributed by atoms with Crippen LogP contribution in [0.25, 0.3) is 0 Å². The minimum absolute atomic E-state index is 0.185. The lowest BCUT2D eigenvalue weighted by Crippen LogP contribution is -2.03. The summed E-state index contributed by atoms with van der Waals surface area (Å²) in [6, 6.07) is 4.01. The molecule has 0 saturated carbocycles. The van der Waals surface area contributed by atoms with Crippen molar-refractivity contribution < 1.29 is 13.9 Å². The van der Waals surface area contributed by atoms with E-state index in [1.54, 1.807) is 0 Å². The molecule has 0 bridgehead atoms. The molecule has 0 amide bonds. The molecule has 0 atom stereocenters. The number of ketones is 1. The van der Waals surface area contributed by atoms with Gasteiger partial charge in [-0.15, -0.1) is 0 Å². The normalized spacial score (nSPS) is 10.2. The van der Waals surface area contributed by atoms with Crippen LogP contribution in [0.5, 0.6) is 5.75 Å². The Balaban J connectivity index is 2.67. The van der Waals surface area contributed by atoms with Gasteiger partial charge in [-0.2, -0.15) is 0 Å². The Kier molecular flexibility index (Phi) is 5.46. The van der Waals surface area contributed by atoms with E-state index < -0.39 is 5.82 Å². The zero-order chi connectivity index (χ0) is 12.0. The third-order valence-corrected chi connectivity index (χ3v) is 2.67. The molecule has 1 aromatic rings. The third kappa shape index (κ3) is 3.93. The second-order valence-corrected chi connectivity index (χ2v) is 4.23. The molecule has 0 saturated heterocycles. The average molecular weight is 289 g/mol. The third-order valence-electron chi connectivity index (χ3n) is 2.11. The Labute approximate surface area is 103 Å². The molecule has 16 heavy (non-hydrogen) atoms. The summed E-state index contributed by atoms with van der Waals surface area (Å²) in [4.78, 5) is 11.3. The number of benzene rings is 1. The SMILES string of the molecule is CC(=O)c1cc(F)ccc1OCCCCBr. The van der Waals surface area contributed by atoms with Gasteiger partial charge >= 0.3 is 0 Å². The van der Waals surface area contributed by atoms with Crippen LogP contribution < -0.4 is 4.74 Å². The monoisotopic (exact) mass is 288 g/mol. The summed E-state index contributed by atoms with van der Waals surface area (Å²) >= 11 is 3.32. The molecule has 0 radical (unpaired) electrons. The van der Waals surface area contributed by atoms with E-state index in [0.29, 0.717) is 17.9 Å². The van der Waals surface area contributed by atoms with Crippen LogP contribution in [0.2, 0.25) is 0 Å². The molecule has 0 aliphatic heterocycles. The van der Waals surface area contributed by atoms with Gasteiger partial charge in [0, 0.05) is 5.33 Å². The van der Waals surface area contributed by atoms with Crippen molar-refractivity contribution in [2.45, 2.75) is 19.8 Å². The fourth-order valence-electron chi connectivity index (χ4n) is 1.28. The minimum Gasteiger partial charge on any atom is -0.493 e. The highest BCUT2D eigenvalue weighted by molar-refractivity contribution is 9.09. The molecule has 0 aliphatic rings. The molecule has 0 N–H and O–H groups in total. The number of rotatable bonds is 6. The number of carbonyl (C=O) groups excluding carboxylic acids is 1. The van der Waals surface area contributed by atoms with E-state index in [0.717, 1.165) is 18.2 Å². The zero-order valence-corrected chi connectivity index (χ0v) is 10.7. The van der Waals surface area contributed by atoms with Crippen LogP contribution in [0.15, 0.2) is 18.2 Å². The first-order valence-electron chi connectivity index (χ1n) is 5.14. The van der Waals surface area contributed by atoms with E-state index in [1.807, 2.05) is 0 Å². The van der Waals surface area contributed by atoms with Crippen molar-refractivity contribution in [2.24, 2.45) is 0 Å². The van der Waals surface area contributed by atoms with Crippen LogP contribution >= 0.6 is 15.9 Å². The summed E-state index contributed by atoms with van der Waals surface area (Å²) in [6.07, 6.45) is 1.91. The number of halogens is 2. The molecule has 0 spiro atoms. The number of hydrogen-bond donors (Lipinski definition) is 0. The largest absolute Gasteiger partial charge is 0.493 e. The number of alkyl halides is 1. The van der Waals surface area contributed by atoms with Gasteiger partial charge in [0.2, 0.25) is 0 Å². The van der Waals surface area contributed by atoms with Crippen molar-refractivity contribution in [3.8, 4) is 5.75 Å². The van der Waals surface area contributed by atoms with Crippen LogP contribution in [-0.4, -0.2) is 17.7 Å². The maximum atomic E-state index is 12.9. The molecular formula is C12H14BrFO2. The Bertz CT molecular complexity index is 366. The van der Waals surface area contributed by atoms with E-state index in [-0.39, 0.29) is 5.78 Å². The van der Waals surface area contributed by atoms with Crippen molar-refractivity contribution in [2.75, 3.05) is 11.9 Å². The summed E-state index contributed by atoms with van der Waals surface area (Å²) in [5, 5.41) is 0.930. The molecule has 0 unspecified atom stereocenters. The number of hydrogen-bond acceptors (Lipinski definition) is 2. The minimum atomic E-state index is -0.419. The average Bonchev–Trinajstić information content (AvgIpc) is 2.26. The maximum absolute atomic E-state index is 12.9. The van der Waals surface area contributed by atoms with Crippen LogP contribution in [0.3, 0.4) is 0 Å². The predicted molar refractivity (Wildman–Crippen MR) is 64.9 cm³/mol. The lowest BCUT2D eigenvalue weighted by molar-refractivity contribution is 0.101. The van der Waals surface area contributed by atoms with E-state index in [1.165, 1.54) is 25.1 Å². The molecule has 1 rings (SSSR count). The Morgan fingerprint density at radius 3 is 2.81 bits per heavy atom. The highest BCUT2D eigenvalue weighted by Gasteiger charge is 2.09. The molecule has 4 heteroatoms. The smallest absolute Gasteiger partial charge is 0.163 e. The van der Waals surface area contributed by atoms with Gasteiger partial charge < -0.3 is 4.74 Å². The second kappa shape index (κ2) is 6.63. The highest BCUT2D eigenvalue weighted by Crippen LogP contribution is 2.20. The zero-order valence-electron chi connectivity index (χ0n) is 9.13. The van der Waals surface area contributed by atoms with Gasteiger partial charge in [0.1, 0.15) is 11.6 Å². The highest BCUT2D eigenvalue weighted by atomic mass is 79.9. The Morgan fingerprint density at radius 2 is 2.19 bits per heavy atom. The van der Waals surface area contributed by atoms with Crippen molar-refractivity contribution >= 4 is 21.7 Å². The number of carbonyl (C=O) groups is 1. The van der Waals surface area contributed by atoms with Gasteiger partial charge in [0.25, 0.3) is 0 Å². The van der Waals surface area contributed by atoms with E-state index >= 15 is 0 Å². The fraction of sp³-hybridized carbons (Fsp3) is 0.417. The first-order valence-corrected chi connectivity index (χ1v) is 6.26. The summed E-state index contributed by atoms with van der Waals surface area (Å²) < 4.78 is 18.4. The Hall–Kier alpha value is -0.900. The first kappa shape index (κ1) is 13.2. The fourth-order valence-corrected chi connectivity index (χ4v) is 1.68. The van der Waals surface area contributed by atoms with Crippen LogP contribution in [0, 0.1) is 5.82 Å². The van der Waals surface area contributed by atoms with Gasteiger partial charge in [-0.1, -0.05) is 15.9 Å². The molecule has 0 aromatic heterocycles. The van der Waals surface area contributed by atoms with Crippen molar-refractivity contribution in [3.63, 3.8) is 0 Å². The van der Waals surface area contributed by atoms with Gasteiger partial charge in [0.15, 0.2) is 5.78 Å². The number of Topliss-reactive ketones (excluding diaryl/α,β-unsaturated/α-hetero) is 1. The number of ether oxygens (including phenoxy) is 1. The van der Waals surface area contributed by atoms with Crippen LogP contribution in [-0.2, 0) is 0 Å². The first-order chi connectivity index (χ1) is 7.65. The summed E-state index contributed by atoms with van der Waals surface area (Å²) in [7, 11) is 0. The quantitative estimate of drug-likeness (QED) is 0.454. The molecule has 2 nitrogen and oxygen atoms in total. The van der Waals surface area contributed by atoms with Crippen LogP contribution in [0.1, 0.15) is 30.1 Å². The topological polar surface area (TPSA) is 26.3 Å². The number of unbranched alkanes of at least 4 members (excludes halogenated alkanes) is 1. The lowest BCUT2D eigenvalue weighted by Gasteiger charge is -2.09. The van der Waals surface area contributed by atoms with E-state index in [2.05, 4.69) is 15.9 Å². The molecule has 0 aliphatic carbocycles. The lowest BCUT2D eigenvalue weighted by atomic mass is 10.1. The molecular weight excluding hydrogens is 275 g/mol. The van der Waals surface area contributed by atoms with Crippen molar-refractivity contribution in [1.82, 2.24) is 0 Å². The summed E-state index contributed by atoms with van der Waals surface area (Å²) in [5.41, 5.74) is 0.304. The summed E-state index contributed by atoms with van der Waals surface area (Å²) in [5.74, 6) is -0.142. The van der Waals surface area contributed by atoms with Gasteiger partial charge in [-0.3, -0.25) is 4.79 Å². The van der Waals surface area contributed by atoms with Crippen LogP contribution in [0.4, 0.5) is 4.39 Å². The molecule has 0 fully saturated rings. The van der Waals surface area contributed by atoms with Crippen molar-refractivity contribution in [1.29, 1.82) is 0 Å². The van der Waals surface area contributed by atoms with E-state index in [4.69, 9.17) is 4.74 Å². The molecule has 1 aromatic carbocycles. The van der Waals surface area contributed by atoms with Gasteiger partial charge in [0.05, 0.1) is 12.2 Å². The van der Waals surface area contributed by atoms with Gasteiger partial charge in [-0.25, -0.2) is 4.39 Å². The second-order valence-electron chi connectivity index (χ2n) is 3.44. The molecule has 0 heterocycles. The maximum Gasteiger partial charge on any atom is 0.163 e. The van der Waals surface area contributed by atoms with E-state index in [9.17, 15) is 9.18 Å². The van der Waals surface area contributed by atoms with Gasteiger partial charge in [-0.05, 0) is 38.0 Å². The summed E-state index contributed by atoms with van der Waals surface area (Å²) in [6.45, 7) is 1.94. The molecule has 88 valence electrons. The standard InChI is InChI=1S/C12H14BrFO2/c1-9(15)11-8-10(14)4-5-12(11)16-7-3-2-6-13/h4-5,8H,2-3,6-7H2,1H3.